The molecule has 0 rings (SSSR count). The summed E-state index contributed by atoms with van der Waals surface area (Å²) in [6, 6.07) is 0. The molecule has 0 fully saturated rings. The highest BCUT2D eigenvalue weighted by Gasteiger charge is 2.37. The summed E-state index contributed by atoms with van der Waals surface area (Å²) in [4.78, 5) is 0. The van der Waals surface area contributed by atoms with Crippen LogP contribution in [0.2, 0.25) is 18.1 Å². The SMILES string of the molecule is C[C@H](C[C@H](C)C[C@H](C)CO)C[C@@H](C)CO[Si](C)(C)C(C)(C)C. The van der Waals surface area contributed by atoms with Crippen molar-refractivity contribution >= 4 is 8.32 Å². The first-order valence-electron chi connectivity index (χ1n) is 9.13. The number of hydrogen-bond acceptors (Lipinski definition) is 2. The summed E-state index contributed by atoms with van der Waals surface area (Å²) in [5, 5.41) is 9.46. The molecule has 0 aliphatic carbocycles. The molecule has 0 spiro atoms. The van der Waals surface area contributed by atoms with Gasteiger partial charge in [-0.25, -0.2) is 0 Å². The summed E-state index contributed by atoms with van der Waals surface area (Å²) in [5.74, 6) is 2.50. The van der Waals surface area contributed by atoms with Crippen LogP contribution >= 0.6 is 0 Å². The second-order valence-corrected chi connectivity index (χ2v) is 14.2. The molecule has 0 aromatic rings. The van der Waals surface area contributed by atoms with E-state index in [2.05, 4.69) is 61.6 Å². The first kappa shape index (κ1) is 22.1. The van der Waals surface area contributed by atoms with E-state index in [-0.39, 0.29) is 0 Å². The molecule has 0 heterocycles. The Bertz CT molecular complexity index is 296. The van der Waals surface area contributed by atoms with Gasteiger partial charge in [0, 0.05) is 13.2 Å². The van der Waals surface area contributed by atoms with Gasteiger partial charge in [-0.15, -0.1) is 0 Å². The summed E-state index contributed by atoms with van der Waals surface area (Å²) < 4.78 is 6.35. The summed E-state index contributed by atoms with van der Waals surface area (Å²) in [6.07, 6.45) is 3.64. The molecule has 3 heteroatoms. The molecular weight excluding hydrogens is 288 g/mol. The number of hydrogen-bond donors (Lipinski definition) is 1. The third kappa shape index (κ3) is 8.69. The third-order valence-corrected chi connectivity index (χ3v) is 9.76. The van der Waals surface area contributed by atoms with E-state index in [0.29, 0.717) is 29.4 Å². The van der Waals surface area contributed by atoms with Crippen LogP contribution < -0.4 is 0 Å². The number of aliphatic hydroxyl groups is 1. The Kier molecular flexibility index (Phi) is 9.50. The highest BCUT2D eigenvalue weighted by Crippen LogP contribution is 2.37. The molecule has 0 saturated carbocycles. The topological polar surface area (TPSA) is 29.5 Å². The van der Waals surface area contributed by atoms with Gasteiger partial charge in [-0.3, -0.25) is 0 Å². The maximum absolute atomic E-state index is 9.16. The highest BCUT2D eigenvalue weighted by atomic mass is 28.4. The molecule has 0 bridgehead atoms. The molecule has 0 aromatic carbocycles. The van der Waals surface area contributed by atoms with Crippen LogP contribution in [0.25, 0.3) is 0 Å². The molecule has 0 aliphatic heterocycles. The summed E-state index contributed by atoms with van der Waals surface area (Å²) in [6.45, 7) is 21.9. The molecule has 2 nitrogen and oxygen atoms in total. The molecule has 1 N–H and O–H groups in total. The van der Waals surface area contributed by atoms with Crippen LogP contribution in [0.3, 0.4) is 0 Å². The van der Waals surface area contributed by atoms with E-state index >= 15 is 0 Å². The lowest BCUT2D eigenvalue weighted by Crippen LogP contribution is -2.41. The van der Waals surface area contributed by atoms with Gasteiger partial charge >= 0.3 is 0 Å². The van der Waals surface area contributed by atoms with Gasteiger partial charge in [-0.1, -0.05) is 48.5 Å². The molecule has 0 radical (unpaired) electrons. The Balaban J connectivity index is 4.13. The average molecular weight is 331 g/mol. The predicted octanol–water partition coefficient (Wildman–Crippen LogP) is 5.72. The summed E-state index contributed by atoms with van der Waals surface area (Å²) >= 11 is 0. The van der Waals surface area contributed by atoms with Crippen molar-refractivity contribution in [1.29, 1.82) is 0 Å². The molecule has 0 aliphatic rings. The van der Waals surface area contributed by atoms with Crippen molar-refractivity contribution in [2.75, 3.05) is 13.2 Å². The van der Waals surface area contributed by atoms with Crippen LogP contribution in [0.4, 0.5) is 0 Å². The maximum atomic E-state index is 9.16. The van der Waals surface area contributed by atoms with E-state index < -0.39 is 8.32 Å². The molecular formula is C19H42O2Si. The maximum Gasteiger partial charge on any atom is 0.191 e. The molecule has 0 saturated heterocycles. The van der Waals surface area contributed by atoms with E-state index in [0.717, 1.165) is 18.9 Å². The van der Waals surface area contributed by atoms with Crippen LogP contribution in [0, 0.1) is 23.7 Å². The first-order valence-corrected chi connectivity index (χ1v) is 12.0. The minimum absolute atomic E-state index is 0.299. The van der Waals surface area contributed by atoms with Gasteiger partial charge < -0.3 is 9.53 Å². The van der Waals surface area contributed by atoms with Gasteiger partial charge in [0.15, 0.2) is 8.32 Å². The van der Waals surface area contributed by atoms with Crippen molar-refractivity contribution in [1.82, 2.24) is 0 Å². The van der Waals surface area contributed by atoms with Gasteiger partial charge in [0.05, 0.1) is 0 Å². The van der Waals surface area contributed by atoms with Crippen LogP contribution in [0.1, 0.15) is 67.7 Å². The molecule has 0 amide bonds. The molecule has 4 atom stereocenters. The van der Waals surface area contributed by atoms with Gasteiger partial charge in [0.1, 0.15) is 0 Å². The van der Waals surface area contributed by atoms with Crippen molar-refractivity contribution in [2.45, 2.75) is 85.9 Å². The zero-order valence-electron chi connectivity index (χ0n) is 16.7. The van der Waals surface area contributed by atoms with Crippen molar-refractivity contribution in [3.05, 3.63) is 0 Å². The van der Waals surface area contributed by atoms with Crippen LogP contribution in [0.5, 0.6) is 0 Å². The van der Waals surface area contributed by atoms with E-state index in [1.54, 1.807) is 0 Å². The van der Waals surface area contributed by atoms with E-state index in [9.17, 15) is 0 Å². The van der Waals surface area contributed by atoms with Gasteiger partial charge in [-0.05, 0) is 61.1 Å². The smallest absolute Gasteiger partial charge is 0.191 e. The number of aliphatic hydroxyl groups excluding tert-OH is 1. The van der Waals surface area contributed by atoms with Crippen LogP contribution in [-0.2, 0) is 4.43 Å². The lowest BCUT2D eigenvalue weighted by Gasteiger charge is -2.37. The van der Waals surface area contributed by atoms with Gasteiger partial charge in [0.2, 0.25) is 0 Å². The van der Waals surface area contributed by atoms with E-state index in [1.807, 2.05) is 0 Å². The van der Waals surface area contributed by atoms with E-state index in [1.165, 1.54) is 12.8 Å². The lowest BCUT2D eigenvalue weighted by molar-refractivity contribution is 0.192. The molecule has 0 unspecified atom stereocenters. The Morgan fingerprint density at radius 2 is 1.23 bits per heavy atom. The zero-order valence-corrected chi connectivity index (χ0v) is 17.7. The van der Waals surface area contributed by atoms with Gasteiger partial charge in [-0.2, -0.15) is 0 Å². The van der Waals surface area contributed by atoms with Crippen LogP contribution in [-0.4, -0.2) is 26.6 Å². The van der Waals surface area contributed by atoms with Crippen molar-refractivity contribution in [2.24, 2.45) is 23.7 Å². The monoisotopic (exact) mass is 330 g/mol. The standard InChI is InChI=1S/C19H42O2Si/c1-15(11-17(3)13-20)10-16(2)12-18(4)14-21-22(8,9)19(5,6)7/h15-18,20H,10-14H2,1-9H3/t15-,16+,17-,18+/m0/s1. The quantitative estimate of drug-likeness (QED) is 0.519. The Morgan fingerprint density at radius 3 is 1.64 bits per heavy atom. The predicted molar refractivity (Wildman–Crippen MR) is 101 cm³/mol. The summed E-state index contributed by atoms with van der Waals surface area (Å²) in [7, 11) is -1.61. The number of rotatable bonds is 10. The molecule has 0 aromatic heterocycles. The minimum Gasteiger partial charge on any atom is -0.417 e. The summed E-state index contributed by atoms with van der Waals surface area (Å²) in [5.41, 5.74) is 0. The second-order valence-electron chi connectivity index (χ2n) is 9.38. The fraction of sp³-hybridized carbons (Fsp3) is 1.00. The fourth-order valence-corrected chi connectivity index (χ4v) is 4.10. The lowest BCUT2D eigenvalue weighted by atomic mass is 9.86. The minimum atomic E-state index is -1.61. The second kappa shape index (κ2) is 9.44. The van der Waals surface area contributed by atoms with Crippen molar-refractivity contribution in [3.8, 4) is 0 Å². The van der Waals surface area contributed by atoms with Gasteiger partial charge in [0.25, 0.3) is 0 Å². The fourth-order valence-electron chi connectivity index (χ4n) is 2.96. The Labute approximate surface area is 141 Å². The average Bonchev–Trinajstić information content (AvgIpc) is 2.34. The van der Waals surface area contributed by atoms with Crippen molar-refractivity contribution in [3.63, 3.8) is 0 Å². The van der Waals surface area contributed by atoms with Crippen LogP contribution in [0.15, 0.2) is 0 Å². The molecule has 22 heavy (non-hydrogen) atoms. The Hall–Kier alpha value is 0.137. The normalized spacial score (nSPS) is 18.8. The highest BCUT2D eigenvalue weighted by molar-refractivity contribution is 6.74. The van der Waals surface area contributed by atoms with Crippen molar-refractivity contribution < 1.29 is 9.53 Å². The first-order chi connectivity index (χ1) is 9.89. The zero-order chi connectivity index (χ0) is 17.6. The molecule has 134 valence electrons. The third-order valence-electron chi connectivity index (χ3n) is 5.26. The van der Waals surface area contributed by atoms with E-state index in [4.69, 9.17) is 9.53 Å². The Morgan fingerprint density at radius 1 is 0.818 bits per heavy atom. The largest absolute Gasteiger partial charge is 0.417 e.